The first-order chi connectivity index (χ1) is 12.5. The quantitative estimate of drug-likeness (QED) is 0.587. The largest absolute Gasteiger partial charge is 0.494 e. The van der Waals surface area contributed by atoms with Gasteiger partial charge in [-0.1, -0.05) is 40.5 Å². The second kappa shape index (κ2) is 7.96. The second-order valence-corrected chi connectivity index (χ2v) is 7.05. The Morgan fingerprint density at radius 2 is 2.00 bits per heavy atom. The Bertz CT molecular complexity index is 1080. The van der Waals surface area contributed by atoms with E-state index in [0.717, 1.165) is 4.70 Å². The molecule has 3 aromatic rings. The second-order valence-electron chi connectivity index (χ2n) is 5.26. The van der Waals surface area contributed by atoms with E-state index < -0.39 is 0 Å². The smallest absolute Gasteiger partial charge is 0.279 e. The van der Waals surface area contributed by atoms with Crippen molar-refractivity contribution in [1.29, 1.82) is 0 Å². The number of hydrogen-bond acceptors (Lipinski definition) is 3. The molecule has 0 N–H and O–H groups in total. The number of ether oxygens (including phenoxy) is 1. The Balaban J connectivity index is 2.09. The summed E-state index contributed by atoms with van der Waals surface area (Å²) in [5.74, 6) is 2.90. The first-order valence-corrected chi connectivity index (χ1v) is 9.35. The predicted octanol–water partition coefficient (Wildman–Crippen LogP) is 4.78. The number of thiazole rings is 1. The van der Waals surface area contributed by atoms with Crippen LogP contribution in [0.15, 0.2) is 41.4 Å². The number of aromatic nitrogens is 1. The number of fused-ring (bicyclic) bond motifs is 1. The molecule has 0 aliphatic carbocycles. The molecule has 132 valence electrons. The fourth-order valence-corrected chi connectivity index (χ4v) is 3.95. The summed E-state index contributed by atoms with van der Waals surface area (Å²) in [7, 11) is 0. The van der Waals surface area contributed by atoms with Crippen molar-refractivity contribution in [2.24, 2.45) is 4.99 Å². The Hall–Kier alpha value is -2.26. The van der Waals surface area contributed by atoms with Crippen molar-refractivity contribution in [1.82, 2.24) is 4.57 Å². The summed E-state index contributed by atoms with van der Waals surface area (Å²) >= 11 is 13.8. The van der Waals surface area contributed by atoms with E-state index in [1.54, 1.807) is 34.9 Å². The molecule has 2 aromatic carbocycles. The Labute approximate surface area is 164 Å². The van der Waals surface area contributed by atoms with Crippen LogP contribution < -0.4 is 9.54 Å². The van der Waals surface area contributed by atoms with Crippen molar-refractivity contribution in [3.05, 3.63) is 56.8 Å². The van der Waals surface area contributed by atoms with Crippen LogP contribution >= 0.6 is 34.5 Å². The van der Waals surface area contributed by atoms with Gasteiger partial charge in [0, 0.05) is 5.56 Å². The van der Waals surface area contributed by atoms with Gasteiger partial charge in [0.05, 0.1) is 33.4 Å². The molecule has 3 rings (SSSR count). The van der Waals surface area contributed by atoms with E-state index in [1.165, 1.54) is 11.3 Å². The number of halogens is 2. The summed E-state index contributed by atoms with van der Waals surface area (Å²) in [6.07, 6.45) is 5.47. The molecule has 1 amide bonds. The highest BCUT2D eigenvalue weighted by molar-refractivity contribution is 7.16. The van der Waals surface area contributed by atoms with Crippen molar-refractivity contribution in [2.45, 2.75) is 13.5 Å². The van der Waals surface area contributed by atoms with Crippen LogP contribution in [0, 0.1) is 12.3 Å². The summed E-state index contributed by atoms with van der Waals surface area (Å²) in [6, 6.07) is 10.4. The lowest BCUT2D eigenvalue weighted by molar-refractivity contribution is 0.0998. The summed E-state index contributed by atoms with van der Waals surface area (Å²) in [5, 5.41) is 0.817. The first-order valence-electron chi connectivity index (χ1n) is 7.78. The van der Waals surface area contributed by atoms with E-state index in [0.29, 0.717) is 38.3 Å². The molecule has 0 radical (unpaired) electrons. The lowest BCUT2D eigenvalue weighted by Crippen LogP contribution is -2.16. The average Bonchev–Trinajstić information content (AvgIpc) is 2.97. The molecule has 0 aliphatic heterocycles. The van der Waals surface area contributed by atoms with Crippen LogP contribution in [0.4, 0.5) is 0 Å². The lowest BCUT2D eigenvalue weighted by Gasteiger charge is -2.04. The molecule has 0 bridgehead atoms. The van der Waals surface area contributed by atoms with Gasteiger partial charge in [-0.25, -0.2) is 0 Å². The van der Waals surface area contributed by atoms with E-state index in [-0.39, 0.29) is 12.5 Å². The summed E-state index contributed by atoms with van der Waals surface area (Å²) < 4.78 is 7.96. The van der Waals surface area contributed by atoms with Gasteiger partial charge < -0.3 is 9.30 Å². The third-order valence-corrected chi connectivity index (χ3v) is 5.43. The van der Waals surface area contributed by atoms with Gasteiger partial charge in [0.1, 0.15) is 5.75 Å². The zero-order valence-corrected chi connectivity index (χ0v) is 16.2. The molecule has 0 saturated heterocycles. The topological polar surface area (TPSA) is 43.6 Å². The van der Waals surface area contributed by atoms with Gasteiger partial charge in [-0.3, -0.25) is 4.79 Å². The minimum Gasteiger partial charge on any atom is -0.494 e. The normalized spacial score (nSPS) is 11.5. The maximum absolute atomic E-state index is 12.5. The fourth-order valence-electron chi connectivity index (χ4n) is 2.44. The molecule has 0 spiro atoms. The van der Waals surface area contributed by atoms with E-state index in [4.69, 9.17) is 34.4 Å². The van der Waals surface area contributed by atoms with Crippen molar-refractivity contribution in [2.75, 3.05) is 6.61 Å². The van der Waals surface area contributed by atoms with Crippen molar-refractivity contribution < 1.29 is 9.53 Å². The number of rotatable bonds is 4. The highest BCUT2D eigenvalue weighted by Gasteiger charge is 2.13. The molecule has 0 saturated carbocycles. The van der Waals surface area contributed by atoms with Gasteiger partial charge in [-0.15, -0.1) is 6.42 Å². The highest BCUT2D eigenvalue weighted by Crippen LogP contribution is 2.32. The SMILES string of the molecule is C#CCn1c(=NC(=O)c2ccc(OCC)cc2)sc2ccc(Cl)c(Cl)c21. The molecule has 26 heavy (non-hydrogen) atoms. The van der Waals surface area contributed by atoms with Gasteiger partial charge in [0.15, 0.2) is 4.80 Å². The monoisotopic (exact) mass is 404 g/mol. The highest BCUT2D eigenvalue weighted by atomic mass is 35.5. The van der Waals surface area contributed by atoms with Crippen LogP contribution in [-0.4, -0.2) is 17.1 Å². The molecular weight excluding hydrogens is 391 g/mol. The third kappa shape index (κ3) is 3.63. The fraction of sp³-hybridized carbons (Fsp3) is 0.158. The number of amides is 1. The number of nitrogens with zero attached hydrogens (tertiary/aromatic N) is 2. The predicted molar refractivity (Wildman–Crippen MR) is 106 cm³/mol. The maximum atomic E-state index is 12.5. The van der Waals surface area contributed by atoms with Crippen LogP contribution in [0.3, 0.4) is 0 Å². The third-order valence-electron chi connectivity index (χ3n) is 3.59. The van der Waals surface area contributed by atoms with Crippen LogP contribution in [0.25, 0.3) is 10.2 Å². The van der Waals surface area contributed by atoms with Crippen molar-refractivity contribution >= 4 is 50.7 Å². The number of terminal acetylenes is 1. The molecule has 0 atom stereocenters. The molecule has 0 fully saturated rings. The number of benzene rings is 2. The molecule has 0 unspecified atom stereocenters. The lowest BCUT2D eigenvalue weighted by atomic mass is 10.2. The minimum atomic E-state index is -0.368. The van der Waals surface area contributed by atoms with Crippen molar-refractivity contribution in [3.8, 4) is 18.1 Å². The Kier molecular flexibility index (Phi) is 5.67. The molecular formula is C19H14Cl2N2O2S. The van der Waals surface area contributed by atoms with Crippen LogP contribution in [0.1, 0.15) is 17.3 Å². The zero-order valence-electron chi connectivity index (χ0n) is 13.8. The molecule has 1 heterocycles. The standard InChI is InChI=1S/C19H14Cl2N2O2S/c1-3-11-23-17-15(10-9-14(20)16(17)21)26-19(23)22-18(24)12-5-7-13(8-6-12)25-4-2/h1,5-10H,4,11H2,2H3. The number of carbonyl (C=O) groups excluding carboxylic acids is 1. The summed E-state index contributed by atoms with van der Waals surface area (Å²) in [4.78, 5) is 17.3. The Morgan fingerprint density at radius 3 is 2.65 bits per heavy atom. The van der Waals surface area contributed by atoms with Crippen LogP contribution in [-0.2, 0) is 6.54 Å². The average molecular weight is 405 g/mol. The van der Waals surface area contributed by atoms with E-state index in [9.17, 15) is 4.79 Å². The Morgan fingerprint density at radius 1 is 1.27 bits per heavy atom. The molecule has 4 nitrogen and oxygen atoms in total. The molecule has 1 aromatic heterocycles. The van der Waals surface area contributed by atoms with E-state index in [2.05, 4.69) is 10.9 Å². The van der Waals surface area contributed by atoms with Gasteiger partial charge in [0.2, 0.25) is 0 Å². The summed E-state index contributed by atoms with van der Waals surface area (Å²) in [5.41, 5.74) is 1.14. The number of hydrogen-bond donors (Lipinski definition) is 0. The van der Waals surface area contributed by atoms with E-state index in [1.807, 2.05) is 13.0 Å². The first kappa shape index (κ1) is 18.5. The minimum absolute atomic E-state index is 0.232. The summed E-state index contributed by atoms with van der Waals surface area (Å²) in [6.45, 7) is 2.70. The van der Waals surface area contributed by atoms with Crippen LogP contribution in [0.2, 0.25) is 10.0 Å². The van der Waals surface area contributed by atoms with Gasteiger partial charge in [-0.05, 0) is 43.3 Å². The zero-order chi connectivity index (χ0) is 18.7. The molecule has 7 heteroatoms. The van der Waals surface area contributed by atoms with E-state index >= 15 is 0 Å². The van der Waals surface area contributed by atoms with Gasteiger partial charge >= 0.3 is 0 Å². The van der Waals surface area contributed by atoms with Gasteiger partial charge in [-0.2, -0.15) is 4.99 Å². The molecule has 0 aliphatic rings. The van der Waals surface area contributed by atoms with Gasteiger partial charge in [0.25, 0.3) is 5.91 Å². The van der Waals surface area contributed by atoms with Crippen LogP contribution in [0.5, 0.6) is 5.75 Å². The maximum Gasteiger partial charge on any atom is 0.279 e. The van der Waals surface area contributed by atoms with Crippen molar-refractivity contribution in [3.63, 3.8) is 0 Å². The number of carbonyl (C=O) groups is 1.